The molecule has 1 heterocycles. The number of furan rings is 1. The molecule has 0 aromatic carbocycles. The summed E-state index contributed by atoms with van der Waals surface area (Å²) in [5.41, 5.74) is 1.22. The zero-order valence-electron chi connectivity index (χ0n) is 12.2. The van der Waals surface area contributed by atoms with Crippen LogP contribution in [0.2, 0.25) is 0 Å². The Balaban J connectivity index is 2.21. The maximum Gasteiger partial charge on any atom is 0.287 e. The molecule has 1 aromatic rings. The molecule has 2 N–H and O–H groups in total. The van der Waals surface area contributed by atoms with E-state index >= 15 is 0 Å². The Hall–Kier alpha value is -1.62. The molecule has 1 aliphatic carbocycles. The molecule has 0 unspecified atom stereocenters. The second-order valence-corrected chi connectivity index (χ2v) is 5.55. The molecule has 0 spiro atoms. The highest BCUT2D eigenvalue weighted by molar-refractivity contribution is 6.03. The summed E-state index contributed by atoms with van der Waals surface area (Å²) in [6, 6.07) is -0.162. The van der Waals surface area contributed by atoms with Gasteiger partial charge in [0.2, 0.25) is 0 Å². The maximum absolute atomic E-state index is 12.2. The number of nitrogens with one attached hydrogen (secondary N) is 1. The van der Waals surface area contributed by atoms with Gasteiger partial charge in [-0.1, -0.05) is 6.92 Å². The van der Waals surface area contributed by atoms with E-state index in [0.29, 0.717) is 29.7 Å². The predicted molar refractivity (Wildman–Crippen MR) is 73.9 cm³/mol. The van der Waals surface area contributed by atoms with Crippen LogP contribution in [0.4, 0.5) is 0 Å². The molecular weight excluding hydrogens is 258 g/mol. The van der Waals surface area contributed by atoms with Crippen LogP contribution in [-0.2, 0) is 6.42 Å². The second kappa shape index (κ2) is 5.79. The van der Waals surface area contributed by atoms with Crippen LogP contribution < -0.4 is 5.32 Å². The number of carbonyl (C=O) groups is 2. The lowest BCUT2D eigenvalue weighted by Crippen LogP contribution is -2.38. The fraction of sp³-hybridized carbons (Fsp3) is 0.600. The Bertz CT molecular complexity index is 532. The van der Waals surface area contributed by atoms with Gasteiger partial charge in [0.15, 0.2) is 11.5 Å². The summed E-state index contributed by atoms with van der Waals surface area (Å²) in [6.07, 6.45) is 2.00. The Morgan fingerprint density at radius 1 is 1.40 bits per heavy atom. The molecule has 20 heavy (non-hydrogen) atoms. The Labute approximate surface area is 118 Å². The van der Waals surface area contributed by atoms with E-state index in [2.05, 4.69) is 5.32 Å². The number of hydrogen-bond acceptors (Lipinski definition) is 4. The molecule has 1 amide bonds. The molecule has 0 radical (unpaired) electrons. The number of Topliss-reactive ketones (excluding diaryl/α,β-unsaturated/α-hetero) is 1. The van der Waals surface area contributed by atoms with Crippen LogP contribution >= 0.6 is 0 Å². The minimum Gasteiger partial charge on any atom is -0.455 e. The molecule has 0 saturated carbocycles. The summed E-state index contributed by atoms with van der Waals surface area (Å²) in [4.78, 5) is 24.1. The van der Waals surface area contributed by atoms with Gasteiger partial charge in [0.25, 0.3) is 5.91 Å². The third-order valence-electron chi connectivity index (χ3n) is 4.01. The van der Waals surface area contributed by atoms with E-state index < -0.39 is 0 Å². The number of carbonyl (C=O) groups excluding carboxylic acids is 2. The molecule has 2 atom stereocenters. The highest BCUT2D eigenvalue weighted by Gasteiger charge is 2.29. The minimum atomic E-state index is -0.322. The van der Waals surface area contributed by atoms with Gasteiger partial charge in [-0.15, -0.1) is 0 Å². The molecule has 2 rings (SSSR count). The topological polar surface area (TPSA) is 79.5 Å². The molecule has 0 fully saturated rings. The van der Waals surface area contributed by atoms with E-state index in [9.17, 15) is 9.59 Å². The second-order valence-electron chi connectivity index (χ2n) is 5.55. The molecule has 1 aliphatic rings. The van der Waals surface area contributed by atoms with Gasteiger partial charge in [-0.2, -0.15) is 0 Å². The van der Waals surface area contributed by atoms with Gasteiger partial charge in [0.05, 0.1) is 5.56 Å². The van der Waals surface area contributed by atoms with Gasteiger partial charge in [-0.05, 0) is 26.2 Å². The fourth-order valence-electron chi connectivity index (χ4n) is 2.44. The number of aryl methyl sites for hydroxylation is 1. The third kappa shape index (κ3) is 2.63. The van der Waals surface area contributed by atoms with E-state index in [-0.39, 0.29) is 36.0 Å². The number of aliphatic hydroxyl groups is 1. The fourth-order valence-corrected chi connectivity index (χ4v) is 2.44. The van der Waals surface area contributed by atoms with Crippen LogP contribution in [0.25, 0.3) is 0 Å². The summed E-state index contributed by atoms with van der Waals surface area (Å²) >= 11 is 0. The van der Waals surface area contributed by atoms with Gasteiger partial charge in [-0.3, -0.25) is 9.59 Å². The summed E-state index contributed by atoms with van der Waals surface area (Å²) in [6.45, 7) is 5.45. The van der Waals surface area contributed by atoms with Gasteiger partial charge in [0, 0.05) is 31.1 Å². The first-order valence-electron chi connectivity index (χ1n) is 7.02. The van der Waals surface area contributed by atoms with Crippen molar-refractivity contribution in [3.05, 3.63) is 22.6 Å². The van der Waals surface area contributed by atoms with Crippen LogP contribution in [0.1, 0.15) is 58.9 Å². The summed E-state index contributed by atoms with van der Waals surface area (Å²) in [7, 11) is 0. The van der Waals surface area contributed by atoms with Crippen molar-refractivity contribution in [2.24, 2.45) is 5.92 Å². The lowest BCUT2D eigenvalue weighted by Gasteiger charge is -2.18. The van der Waals surface area contributed by atoms with Crippen LogP contribution in [0, 0.1) is 12.8 Å². The molecule has 0 saturated heterocycles. The average molecular weight is 279 g/mol. The zero-order valence-corrected chi connectivity index (χ0v) is 12.2. The number of fused-ring (bicyclic) bond motifs is 1. The quantitative estimate of drug-likeness (QED) is 0.881. The number of amides is 1. The maximum atomic E-state index is 12.2. The first-order valence-corrected chi connectivity index (χ1v) is 7.02. The van der Waals surface area contributed by atoms with E-state index in [1.54, 1.807) is 6.92 Å². The molecule has 5 nitrogen and oxygen atoms in total. The number of rotatable bonds is 4. The summed E-state index contributed by atoms with van der Waals surface area (Å²) < 4.78 is 5.59. The molecule has 0 bridgehead atoms. The van der Waals surface area contributed by atoms with Crippen molar-refractivity contribution < 1.29 is 19.1 Å². The van der Waals surface area contributed by atoms with Gasteiger partial charge < -0.3 is 14.8 Å². The number of aliphatic hydroxyl groups excluding tert-OH is 1. The normalized spacial score (nSPS) is 17.5. The van der Waals surface area contributed by atoms with E-state index in [4.69, 9.17) is 9.52 Å². The summed E-state index contributed by atoms with van der Waals surface area (Å²) in [5.74, 6) is 0.556. The van der Waals surface area contributed by atoms with Crippen molar-refractivity contribution >= 4 is 11.7 Å². The molecule has 110 valence electrons. The van der Waals surface area contributed by atoms with Crippen molar-refractivity contribution in [3.63, 3.8) is 0 Å². The predicted octanol–water partition coefficient (Wildman–Crippen LogP) is 1.85. The average Bonchev–Trinajstić information content (AvgIpc) is 2.76. The van der Waals surface area contributed by atoms with E-state index in [1.165, 1.54) is 0 Å². The van der Waals surface area contributed by atoms with Crippen LogP contribution in [0.3, 0.4) is 0 Å². The van der Waals surface area contributed by atoms with Crippen molar-refractivity contribution in [3.8, 4) is 0 Å². The van der Waals surface area contributed by atoms with Crippen LogP contribution in [0.5, 0.6) is 0 Å². The monoisotopic (exact) mass is 279 g/mol. The molecule has 1 aromatic heterocycles. The molecule has 0 aliphatic heterocycles. The van der Waals surface area contributed by atoms with Gasteiger partial charge in [-0.25, -0.2) is 0 Å². The van der Waals surface area contributed by atoms with E-state index in [1.807, 2.05) is 13.8 Å². The number of hydrogen-bond donors (Lipinski definition) is 2. The zero-order chi connectivity index (χ0) is 14.9. The van der Waals surface area contributed by atoms with Crippen LogP contribution in [0.15, 0.2) is 4.42 Å². The highest BCUT2D eigenvalue weighted by Crippen LogP contribution is 2.29. The first-order chi connectivity index (χ1) is 9.45. The lowest BCUT2D eigenvalue weighted by molar-refractivity contribution is 0.0883. The summed E-state index contributed by atoms with van der Waals surface area (Å²) in [5, 5.41) is 11.9. The largest absolute Gasteiger partial charge is 0.455 e. The minimum absolute atomic E-state index is 0.00751. The third-order valence-corrected chi connectivity index (χ3v) is 4.01. The lowest BCUT2D eigenvalue weighted by atomic mass is 9.94. The first kappa shape index (κ1) is 14.8. The molecule has 5 heteroatoms. The van der Waals surface area contributed by atoms with E-state index in [0.717, 1.165) is 6.42 Å². The van der Waals surface area contributed by atoms with Gasteiger partial charge >= 0.3 is 0 Å². The smallest absolute Gasteiger partial charge is 0.287 e. The van der Waals surface area contributed by atoms with Crippen LogP contribution in [-0.4, -0.2) is 29.4 Å². The van der Waals surface area contributed by atoms with Crippen molar-refractivity contribution in [2.75, 3.05) is 6.61 Å². The van der Waals surface area contributed by atoms with Crippen molar-refractivity contribution in [1.82, 2.24) is 5.32 Å². The van der Waals surface area contributed by atoms with Gasteiger partial charge in [0.1, 0.15) is 5.76 Å². The number of ketones is 1. The Morgan fingerprint density at radius 2 is 2.10 bits per heavy atom. The standard InChI is InChI=1S/C15H21NO4/c1-8(7-17)10(3)16-15(19)14-9(2)13-11(18)5-4-6-12(13)20-14/h8,10,17H,4-7H2,1-3H3,(H,16,19)/t8-,10-/m0/s1. The Kier molecular flexibility index (Phi) is 4.28. The SMILES string of the molecule is Cc1c(C(=O)N[C@@H](C)[C@@H](C)CO)oc2c1C(=O)CCC2. The Morgan fingerprint density at radius 3 is 2.70 bits per heavy atom. The van der Waals surface area contributed by atoms with Crippen molar-refractivity contribution in [1.29, 1.82) is 0 Å². The highest BCUT2D eigenvalue weighted by atomic mass is 16.4. The molecular formula is C15H21NO4. The van der Waals surface area contributed by atoms with Crippen molar-refractivity contribution in [2.45, 2.75) is 46.1 Å².